The molecule has 0 amide bonds. The van der Waals surface area contributed by atoms with Crippen molar-refractivity contribution in [2.45, 2.75) is 120 Å². The van der Waals surface area contributed by atoms with Crippen molar-refractivity contribution in [2.24, 2.45) is 17.8 Å². The number of carboxylic acids is 1. The Hall–Kier alpha value is -1.92. The van der Waals surface area contributed by atoms with Gasteiger partial charge in [-0.3, -0.25) is 14.6 Å². The monoisotopic (exact) mass is 532 g/mol. The van der Waals surface area contributed by atoms with Crippen molar-refractivity contribution in [3.05, 3.63) is 30.1 Å². The van der Waals surface area contributed by atoms with Crippen LogP contribution in [0.25, 0.3) is 11.0 Å². The molecule has 212 valence electrons. The summed E-state index contributed by atoms with van der Waals surface area (Å²) >= 11 is 0. The fraction of sp³-hybridized carbons (Fsp3) is 0.758. The van der Waals surface area contributed by atoms with Gasteiger partial charge in [-0.15, -0.1) is 0 Å². The number of carbonyl (C=O) groups is 1. The molecule has 2 aromatic rings. The fourth-order valence-corrected chi connectivity index (χ4v) is 9.86. The van der Waals surface area contributed by atoms with Gasteiger partial charge < -0.3 is 9.67 Å². The Morgan fingerprint density at radius 1 is 0.821 bits per heavy atom. The second-order valence-electron chi connectivity index (χ2n) is 13.9. The molecule has 5 fully saturated rings. The second-order valence-corrected chi connectivity index (χ2v) is 13.9. The molecule has 39 heavy (non-hydrogen) atoms. The number of rotatable bonds is 6. The van der Waals surface area contributed by atoms with Gasteiger partial charge in [0, 0.05) is 37.1 Å². The molecule has 3 saturated heterocycles. The van der Waals surface area contributed by atoms with Gasteiger partial charge in [0.05, 0.1) is 17.6 Å². The first-order valence-electron chi connectivity index (χ1n) is 16.3. The van der Waals surface area contributed by atoms with Gasteiger partial charge in [-0.05, 0) is 94.2 Å². The van der Waals surface area contributed by atoms with Crippen molar-refractivity contribution >= 4 is 17.0 Å². The molecule has 2 aliphatic carbocycles. The SMILES string of the molecule is O=C(O)CN1CCC[C@@H](Cc2nc3ccccc3n2[C@@H]2C[C@H]3CCC[C@@H](C2)N3[C@H]2C[C@@H]3CCCC[C@@H](C3)C2)C1. The summed E-state index contributed by atoms with van der Waals surface area (Å²) in [6.07, 6.45) is 20.2. The molecule has 2 saturated carbocycles. The largest absolute Gasteiger partial charge is 0.480 e. The molecule has 0 unspecified atom stereocenters. The Bertz CT molecular complexity index is 1130. The second kappa shape index (κ2) is 11.2. The Balaban J connectivity index is 1.13. The van der Waals surface area contributed by atoms with Gasteiger partial charge in [-0.1, -0.05) is 44.2 Å². The van der Waals surface area contributed by atoms with Crippen molar-refractivity contribution in [1.82, 2.24) is 19.4 Å². The minimum Gasteiger partial charge on any atom is -0.480 e. The third kappa shape index (κ3) is 5.40. The predicted octanol–water partition coefficient (Wildman–Crippen LogP) is 6.29. The molecule has 0 radical (unpaired) electrons. The first-order chi connectivity index (χ1) is 19.1. The molecule has 1 N–H and O–H groups in total. The molecule has 3 aliphatic heterocycles. The topological polar surface area (TPSA) is 61.6 Å². The molecule has 6 nitrogen and oxygen atoms in total. The average Bonchev–Trinajstić information content (AvgIpc) is 3.18. The molecule has 4 bridgehead atoms. The molecule has 1 aromatic carbocycles. The van der Waals surface area contributed by atoms with E-state index in [9.17, 15) is 9.90 Å². The van der Waals surface area contributed by atoms with Crippen molar-refractivity contribution in [3.63, 3.8) is 0 Å². The lowest BCUT2D eigenvalue weighted by atomic mass is 9.73. The van der Waals surface area contributed by atoms with E-state index in [4.69, 9.17) is 4.98 Å². The van der Waals surface area contributed by atoms with Crippen LogP contribution in [0.15, 0.2) is 24.3 Å². The maximum Gasteiger partial charge on any atom is 0.317 e. The van der Waals surface area contributed by atoms with E-state index in [1.165, 1.54) is 94.8 Å². The van der Waals surface area contributed by atoms with Crippen LogP contribution in [-0.4, -0.2) is 68.2 Å². The Labute approximate surface area is 234 Å². The number of nitrogens with zero attached hydrogens (tertiary/aromatic N) is 4. The van der Waals surface area contributed by atoms with E-state index < -0.39 is 5.97 Å². The van der Waals surface area contributed by atoms with Crippen LogP contribution >= 0.6 is 0 Å². The molecule has 0 spiro atoms. The third-order valence-corrected chi connectivity index (χ3v) is 11.2. The fourth-order valence-electron chi connectivity index (χ4n) is 9.86. The molecule has 4 heterocycles. The molecular formula is C33H48N4O2. The van der Waals surface area contributed by atoms with E-state index in [2.05, 4.69) is 38.6 Å². The summed E-state index contributed by atoms with van der Waals surface area (Å²) in [4.78, 5) is 21.8. The van der Waals surface area contributed by atoms with Gasteiger partial charge >= 0.3 is 5.97 Å². The van der Waals surface area contributed by atoms with Gasteiger partial charge in [-0.25, -0.2) is 4.98 Å². The molecule has 7 rings (SSSR count). The summed E-state index contributed by atoms with van der Waals surface area (Å²) in [6.45, 7) is 1.95. The predicted molar refractivity (Wildman–Crippen MR) is 155 cm³/mol. The van der Waals surface area contributed by atoms with Crippen LogP contribution in [0.4, 0.5) is 0 Å². The van der Waals surface area contributed by atoms with Crippen LogP contribution in [-0.2, 0) is 11.2 Å². The number of likely N-dealkylation sites (tertiary alicyclic amines) is 1. The van der Waals surface area contributed by atoms with Crippen LogP contribution in [0.3, 0.4) is 0 Å². The quantitative estimate of drug-likeness (QED) is 0.474. The summed E-state index contributed by atoms with van der Waals surface area (Å²) in [5.41, 5.74) is 2.44. The number of benzene rings is 1. The van der Waals surface area contributed by atoms with Gasteiger partial charge in [0.25, 0.3) is 0 Å². The maximum atomic E-state index is 11.4. The highest BCUT2D eigenvalue weighted by atomic mass is 16.4. The van der Waals surface area contributed by atoms with Crippen LogP contribution < -0.4 is 0 Å². The normalized spacial score (nSPS) is 36.1. The molecule has 6 heteroatoms. The number of aromatic nitrogens is 2. The van der Waals surface area contributed by atoms with E-state index in [0.29, 0.717) is 12.0 Å². The zero-order valence-electron chi connectivity index (χ0n) is 23.7. The van der Waals surface area contributed by atoms with Crippen molar-refractivity contribution in [3.8, 4) is 0 Å². The van der Waals surface area contributed by atoms with E-state index in [1.54, 1.807) is 0 Å². The highest BCUT2D eigenvalue weighted by Gasteiger charge is 2.45. The average molecular weight is 533 g/mol. The number of hydrogen-bond acceptors (Lipinski definition) is 4. The lowest BCUT2D eigenvalue weighted by Crippen LogP contribution is -2.58. The lowest BCUT2D eigenvalue weighted by Gasteiger charge is -2.54. The highest BCUT2D eigenvalue weighted by Crippen LogP contribution is 2.47. The van der Waals surface area contributed by atoms with E-state index in [0.717, 1.165) is 61.4 Å². The van der Waals surface area contributed by atoms with Crippen LogP contribution in [0.2, 0.25) is 0 Å². The van der Waals surface area contributed by atoms with Crippen LogP contribution in [0.1, 0.15) is 102 Å². The van der Waals surface area contributed by atoms with Crippen molar-refractivity contribution < 1.29 is 9.90 Å². The summed E-state index contributed by atoms with van der Waals surface area (Å²) in [7, 11) is 0. The van der Waals surface area contributed by atoms with Crippen LogP contribution in [0.5, 0.6) is 0 Å². The van der Waals surface area contributed by atoms with Gasteiger partial charge in [-0.2, -0.15) is 0 Å². The van der Waals surface area contributed by atoms with E-state index in [-0.39, 0.29) is 6.54 Å². The molecule has 1 aromatic heterocycles. The van der Waals surface area contributed by atoms with Crippen LogP contribution in [0, 0.1) is 17.8 Å². The number of para-hydroxylation sites is 2. The minimum absolute atomic E-state index is 0.164. The van der Waals surface area contributed by atoms with Gasteiger partial charge in [0.2, 0.25) is 0 Å². The number of carboxylic acid groups (broad SMARTS) is 1. The van der Waals surface area contributed by atoms with Crippen molar-refractivity contribution in [1.29, 1.82) is 0 Å². The Kier molecular flexibility index (Phi) is 7.44. The standard InChI is InChI=1S/C33H48N4O2/c38-33(39)22-35-14-6-9-25(21-35)18-32-34-30-12-3-4-13-31(30)37(32)29-19-26-10-5-11-27(20-29)36(26)28-16-23-7-1-2-8-24(15-23)17-28/h3-4,12-13,23-29H,1-2,5-11,14-22H2,(H,38,39)/t23-,24+,25-,26-,27+,28+,29-/m0/s1. The van der Waals surface area contributed by atoms with Gasteiger partial charge in [0.15, 0.2) is 0 Å². The summed E-state index contributed by atoms with van der Waals surface area (Å²) in [5, 5.41) is 9.34. The summed E-state index contributed by atoms with van der Waals surface area (Å²) < 4.78 is 2.66. The Morgan fingerprint density at radius 3 is 2.31 bits per heavy atom. The smallest absolute Gasteiger partial charge is 0.317 e. The number of piperidine rings is 3. The van der Waals surface area contributed by atoms with E-state index in [1.807, 2.05) is 0 Å². The van der Waals surface area contributed by atoms with Crippen molar-refractivity contribution in [2.75, 3.05) is 19.6 Å². The molecular weight excluding hydrogens is 484 g/mol. The summed E-state index contributed by atoms with van der Waals surface area (Å²) in [5.74, 6) is 2.99. The number of aliphatic carboxylic acids is 1. The number of imidazole rings is 1. The zero-order chi connectivity index (χ0) is 26.3. The number of fused-ring (bicyclic) bond motifs is 5. The molecule has 5 aliphatic rings. The number of hydrogen-bond donors (Lipinski definition) is 1. The first kappa shape index (κ1) is 26.0. The third-order valence-electron chi connectivity index (χ3n) is 11.2. The zero-order valence-corrected chi connectivity index (χ0v) is 23.7. The highest BCUT2D eigenvalue weighted by molar-refractivity contribution is 5.76. The molecule has 7 atom stereocenters. The first-order valence-corrected chi connectivity index (χ1v) is 16.3. The Morgan fingerprint density at radius 2 is 1.56 bits per heavy atom. The lowest BCUT2D eigenvalue weighted by molar-refractivity contribution is -0.138. The maximum absolute atomic E-state index is 11.4. The summed E-state index contributed by atoms with van der Waals surface area (Å²) in [6, 6.07) is 11.6. The minimum atomic E-state index is -0.710. The van der Waals surface area contributed by atoms with E-state index >= 15 is 0 Å². The van der Waals surface area contributed by atoms with Gasteiger partial charge in [0.1, 0.15) is 5.82 Å².